The Labute approximate surface area is 119 Å². The summed E-state index contributed by atoms with van der Waals surface area (Å²) in [5.74, 6) is 3.67. The van der Waals surface area contributed by atoms with Crippen molar-refractivity contribution in [2.45, 2.75) is 45.1 Å². The summed E-state index contributed by atoms with van der Waals surface area (Å²) in [6.45, 7) is 3.39. The van der Waals surface area contributed by atoms with Gasteiger partial charge in [-0.2, -0.15) is 11.8 Å². The van der Waals surface area contributed by atoms with Crippen molar-refractivity contribution in [2.24, 2.45) is 5.92 Å². The molecule has 1 aliphatic heterocycles. The van der Waals surface area contributed by atoms with Crippen LogP contribution in [0.15, 0.2) is 11.7 Å². The third kappa shape index (κ3) is 4.90. The van der Waals surface area contributed by atoms with Crippen LogP contribution in [0.4, 0.5) is 0 Å². The number of rotatable bonds is 7. The summed E-state index contributed by atoms with van der Waals surface area (Å²) in [6.07, 6.45) is 8.59. The lowest BCUT2D eigenvalue weighted by Crippen LogP contribution is -2.34. The van der Waals surface area contributed by atoms with Gasteiger partial charge < -0.3 is 5.32 Å². The van der Waals surface area contributed by atoms with E-state index in [-0.39, 0.29) is 0 Å². The van der Waals surface area contributed by atoms with Crippen LogP contribution >= 0.6 is 23.1 Å². The van der Waals surface area contributed by atoms with Gasteiger partial charge >= 0.3 is 0 Å². The molecule has 18 heavy (non-hydrogen) atoms. The average Bonchev–Trinajstić information content (AvgIpc) is 2.90. The minimum absolute atomic E-state index is 0.651. The van der Waals surface area contributed by atoms with Crippen LogP contribution < -0.4 is 5.32 Å². The second kappa shape index (κ2) is 8.18. The Bertz CT molecular complexity index is 308. The highest BCUT2D eigenvalue weighted by molar-refractivity contribution is 7.99. The van der Waals surface area contributed by atoms with Crippen molar-refractivity contribution in [1.29, 1.82) is 0 Å². The molecule has 2 nitrogen and oxygen atoms in total. The number of hydrogen-bond acceptors (Lipinski definition) is 4. The van der Waals surface area contributed by atoms with Gasteiger partial charge in [0, 0.05) is 17.1 Å². The predicted octanol–water partition coefficient (Wildman–Crippen LogP) is 3.59. The molecule has 102 valence electrons. The smallest absolute Gasteiger partial charge is 0.0794 e. The molecule has 0 radical (unpaired) electrons. The van der Waals surface area contributed by atoms with E-state index >= 15 is 0 Å². The van der Waals surface area contributed by atoms with Gasteiger partial charge in [0.15, 0.2) is 0 Å². The molecule has 0 aromatic carbocycles. The summed E-state index contributed by atoms with van der Waals surface area (Å²) in [6, 6.07) is 0.651. The first-order valence-electron chi connectivity index (χ1n) is 7.07. The summed E-state index contributed by atoms with van der Waals surface area (Å²) >= 11 is 3.91. The molecule has 0 amide bonds. The lowest BCUT2D eigenvalue weighted by Gasteiger charge is -2.26. The van der Waals surface area contributed by atoms with Crippen molar-refractivity contribution in [3.8, 4) is 0 Å². The van der Waals surface area contributed by atoms with Crippen LogP contribution in [0.25, 0.3) is 0 Å². The van der Waals surface area contributed by atoms with Gasteiger partial charge in [-0.25, -0.2) is 0 Å². The molecule has 1 aliphatic rings. The van der Waals surface area contributed by atoms with Crippen LogP contribution in [0.1, 0.15) is 37.5 Å². The number of aromatic nitrogens is 1. The summed E-state index contributed by atoms with van der Waals surface area (Å²) in [5, 5.41) is 3.73. The summed E-state index contributed by atoms with van der Waals surface area (Å²) < 4.78 is 0. The average molecular weight is 284 g/mol. The van der Waals surface area contributed by atoms with Crippen LogP contribution in [0.3, 0.4) is 0 Å². The van der Waals surface area contributed by atoms with E-state index in [1.54, 1.807) is 11.3 Å². The molecular formula is C14H24N2S2. The largest absolute Gasteiger partial charge is 0.314 e. The number of hydrogen-bond donors (Lipinski definition) is 1. The summed E-state index contributed by atoms with van der Waals surface area (Å²) in [7, 11) is 0. The molecule has 0 spiro atoms. The maximum Gasteiger partial charge on any atom is 0.0794 e. The SMILES string of the molecule is CCCNC(Cc1cncs1)CC1CCSCC1. The first-order chi connectivity index (χ1) is 8.88. The van der Waals surface area contributed by atoms with E-state index in [9.17, 15) is 0 Å². The van der Waals surface area contributed by atoms with Gasteiger partial charge in [0.25, 0.3) is 0 Å². The zero-order chi connectivity index (χ0) is 12.6. The Morgan fingerprint density at radius 1 is 1.44 bits per heavy atom. The van der Waals surface area contributed by atoms with Crippen LogP contribution in [0, 0.1) is 5.92 Å². The first kappa shape index (κ1) is 14.4. The Kier molecular flexibility index (Phi) is 6.52. The predicted molar refractivity (Wildman–Crippen MR) is 82.6 cm³/mol. The molecular weight excluding hydrogens is 260 g/mol. The highest BCUT2D eigenvalue weighted by Crippen LogP contribution is 2.27. The third-order valence-electron chi connectivity index (χ3n) is 3.57. The van der Waals surface area contributed by atoms with Crippen LogP contribution in [0.5, 0.6) is 0 Å². The maximum atomic E-state index is 4.19. The fraction of sp³-hybridized carbons (Fsp3) is 0.786. The van der Waals surface area contributed by atoms with E-state index < -0.39 is 0 Å². The second-order valence-electron chi connectivity index (χ2n) is 5.11. The molecule has 4 heteroatoms. The van der Waals surface area contributed by atoms with E-state index in [0.717, 1.165) is 18.9 Å². The molecule has 1 aromatic heterocycles. The highest BCUT2D eigenvalue weighted by atomic mass is 32.2. The number of nitrogens with one attached hydrogen (secondary N) is 1. The van der Waals surface area contributed by atoms with Gasteiger partial charge in [0.2, 0.25) is 0 Å². The fourth-order valence-corrected chi connectivity index (χ4v) is 4.44. The topological polar surface area (TPSA) is 24.9 Å². The quantitative estimate of drug-likeness (QED) is 0.828. The normalized spacial score (nSPS) is 18.9. The van der Waals surface area contributed by atoms with Crippen molar-refractivity contribution in [3.05, 3.63) is 16.6 Å². The van der Waals surface area contributed by atoms with Crippen LogP contribution in [0.2, 0.25) is 0 Å². The Morgan fingerprint density at radius 2 is 2.28 bits per heavy atom. The molecule has 0 aliphatic carbocycles. The van der Waals surface area contributed by atoms with E-state index in [1.165, 1.54) is 42.1 Å². The molecule has 1 aromatic rings. The first-order valence-corrected chi connectivity index (χ1v) is 9.10. The van der Waals surface area contributed by atoms with Gasteiger partial charge in [-0.3, -0.25) is 4.98 Å². The monoisotopic (exact) mass is 284 g/mol. The Hall–Kier alpha value is -0.0600. The van der Waals surface area contributed by atoms with Crippen molar-refractivity contribution in [3.63, 3.8) is 0 Å². The lowest BCUT2D eigenvalue weighted by atomic mass is 9.92. The lowest BCUT2D eigenvalue weighted by molar-refractivity contribution is 0.363. The number of thiazole rings is 1. The fourth-order valence-electron chi connectivity index (χ4n) is 2.56. The van der Waals surface area contributed by atoms with Gasteiger partial charge in [0.05, 0.1) is 5.51 Å². The summed E-state index contributed by atoms with van der Waals surface area (Å²) in [4.78, 5) is 5.61. The molecule has 1 saturated heterocycles. The van der Waals surface area contributed by atoms with E-state index in [4.69, 9.17) is 0 Å². The van der Waals surface area contributed by atoms with Crippen molar-refractivity contribution in [2.75, 3.05) is 18.1 Å². The number of thioether (sulfide) groups is 1. The molecule has 1 N–H and O–H groups in total. The second-order valence-corrected chi connectivity index (χ2v) is 7.31. The van der Waals surface area contributed by atoms with Crippen LogP contribution in [-0.4, -0.2) is 29.1 Å². The van der Waals surface area contributed by atoms with E-state index in [1.807, 2.05) is 11.7 Å². The van der Waals surface area contributed by atoms with E-state index in [0.29, 0.717) is 6.04 Å². The van der Waals surface area contributed by atoms with E-state index in [2.05, 4.69) is 29.0 Å². The standard InChI is InChI=1S/C14H24N2S2/c1-2-5-16-13(9-14-10-15-11-18-14)8-12-3-6-17-7-4-12/h10-13,16H,2-9H2,1H3. The van der Waals surface area contributed by atoms with Crippen LogP contribution in [-0.2, 0) is 6.42 Å². The Morgan fingerprint density at radius 3 is 2.94 bits per heavy atom. The van der Waals surface area contributed by atoms with Gasteiger partial charge in [-0.1, -0.05) is 6.92 Å². The molecule has 1 atom stereocenters. The highest BCUT2D eigenvalue weighted by Gasteiger charge is 2.19. The molecule has 0 saturated carbocycles. The number of nitrogens with zero attached hydrogens (tertiary/aromatic N) is 1. The minimum atomic E-state index is 0.651. The minimum Gasteiger partial charge on any atom is -0.314 e. The molecule has 2 heterocycles. The molecule has 2 rings (SSSR count). The molecule has 0 bridgehead atoms. The summed E-state index contributed by atoms with van der Waals surface area (Å²) in [5.41, 5.74) is 1.95. The van der Waals surface area contributed by atoms with Crippen molar-refractivity contribution < 1.29 is 0 Å². The third-order valence-corrected chi connectivity index (χ3v) is 5.42. The van der Waals surface area contributed by atoms with Gasteiger partial charge in [0.1, 0.15) is 0 Å². The molecule has 1 fully saturated rings. The van der Waals surface area contributed by atoms with Crippen molar-refractivity contribution in [1.82, 2.24) is 10.3 Å². The zero-order valence-corrected chi connectivity index (χ0v) is 12.9. The maximum absolute atomic E-state index is 4.19. The van der Waals surface area contributed by atoms with Crippen molar-refractivity contribution >= 4 is 23.1 Å². The van der Waals surface area contributed by atoms with Gasteiger partial charge in [-0.15, -0.1) is 11.3 Å². The zero-order valence-electron chi connectivity index (χ0n) is 11.2. The Balaban J connectivity index is 1.83. The molecule has 1 unspecified atom stereocenters. The van der Waals surface area contributed by atoms with Gasteiger partial charge in [-0.05, 0) is 56.1 Å².